The number of benzene rings is 1. The summed E-state index contributed by atoms with van der Waals surface area (Å²) in [5.41, 5.74) is 12.1. The molecule has 0 bridgehead atoms. The summed E-state index contributed by atoms with van der Waals surface area (Å²) < 4.78 is 5.52. The molecule has 4 N–H and O–H groups in total. The van der Waals surface area contributed by atoms with Crippen molar-refractivity contribution in [3.8, 4) is 0 Å². The van der Waals surface area contributed by atoms with E-state index in [1.807, 2.05) is 0 Å². The Balaban J connectivity index is 3.13. The second-order valence-electron chi connectivity index (χ2n) is 2.68. The molecule has 0 saturated carbocycles. The van der Waals surface area contributed by atoms with E-state index < -0.39 is 5.97 Å². The number of nitrogens with two attached hydrogens (primary N) is 2. The number of halogens is 1. The molecule has 76 valence electrons. The zero-order valence-electron chi connectivity index (χ0n) is 7.71. The van der Waals surface area contributed by atoms with Gasteiger partial charge in [-0.15, -0.1) is 0 Å². The molecule has 0 fully saturated rings. The molecule has 0 saturated heterocycles. The predicted octanol–water partition coefficient (Wildman–Crippen LogP) is 1.79. The van der Waals surface area contributed by atoms with E-state index in [4.69, 9.17) is 16.2 Å². The Labute approximate surface area is 90.3 Å². The summed E-state index contributed by atoms with van der Waals surface area (Å²) in [7, 11) is 0. The normalized spacial score (nSPS) is 9.86. The smallest absolute Gasteiger partial charge is 0.340 e. The van der Waals surface area contributed by atoms with E-state index in [9.17, 15) is 4.79 Å². The van der Waals surface area contributed by atoms with Crippen LogP contribution in [0.2, 0.25) is 0 Å². The van der Waals surface area contributed by atoms with Crippen LogP contribution in [-0.4, -0.2) is 12.6 Å². The van der Waals surface area contributed by atoms with Crippen molar-refractivity contribution in [1.82, 2.24) is 0 Å². The first-order valence-corrected chi connectivity index (χ1v) is 4.87. The monoisotopic (exact) mass is 258 g/mol. The summed E-state index contributed by atoms with van der Waals surface area (Å²) in [5, 5.41) is 0. The van der Waals surface area contributed by atoms with E-state index in [0.29, 0.717) is 22.3 Å². The number of ether oxygens (including phenoxy) is 1. The number of esters is 1. The summed E-state index contributed by atoms with van der Waals surface area (Å²) in [6, 6.07) is 3.22. The van der Waals surface area contributed by atoms with Crippen LogP contribution < -0.4 is 11.5 Å². The lowest BCUT2D eigenvalue weighted by atomic mass is 10.1. The van der Waals surface area contributed by atoms with Crippen LogP contribution in [-0.2, 0) is 4.74 Å². The largest absolute Gasteiger partial charge is 0.462 e. The van der Waals surface area contributed by atoms with Crippen molar-refractivity contribution in [2.75, 3.05) is 18.1 Å². The maximum atomic E-state index is 11.4. The quantitative estimate of drug-likeness (QED) is 0.627. The SMILES string of the molecule is CCOC(=O)c1cc(Br)cc(N)c1N. The zero-order valence-corrected chi connectivity index (χ0v) is 9.30. The standard InChI is InChI=1S/C9H11BrN2O2/c1-2-14-9(13)6-3-5(10)4-7(11)8(6)12/h3-4H,2,11-12H2,1H3. The molecule has 5 heteroatoms. The molecule has 0 aromatic heterocycles. The van der Waals surface area contributed by atoms with E-state index in [1.54, 1.807) is 19.1 Å². The molecule has 0 spiro atoms. The highest BCUT2D eigenvalue weighted by atomic mass is 79.9. The Morgan fingerprint density at radius 2 is 2.14 bits per heavy atom. The van der Waals surface area contributed by atoms with Gasteiger partial charge < -0.3 is 16.2 Å². The maximum Gasteiger partial charge on any atom is 0.340 e. The second-order valence-corrected chi connectivity index (χ2v) is 3.59. The van der Waals surface area contributed by atoms with Crippen molar-refractivity contribution in [1.29, 1.82) is 0 Å². The van der Waals surface area contributed by atoms with Gasteiger partial charge in [0.2, 0.25) is 0 Å². The average Bonchev–Trinajstić information content (AvgIpc) is 2.11. The molecule has 4 nitrogen and oxygen atoms in total. The molecule has 0 amide bonds. The van der Waals surface area contributed by atoms with Crippen molar-refractivity contribution in [3.05, 3.63) is 22.2 Å². The second kappa shape index (κ2) is 4.32. The molecule has 0 aliphatic carbocycles. The lowest BCUT2D eigenvalue weighted by molar-refractivity contribution is 0.0527. The van der Waals surface area contributed by atoms with Gasteiger partial charge in [-0.2, -0.15) is 0 Å². The average molecular weight is 259 g/mol. The Bertz CT molecular complexity index is 366. The van der Waals surface area contributed by atoms with Gasteiger partial charge in [0.1, 0.15) is 0 Å². The van der Waals surface area contributed by atoms with Crippen LogP contribution in [0.25, 0.3) is 0 Å². The van der Waals surface area contributed by atoms with Gasteiger partial charge in [0, 0.05) is 4.47 Å². The van der Waals surface area contributed by atoms with E-state index in [2.05, 4.69) is 15.9 Å². The third-order valence-corrected chi connectivity index (χ3v) is 2.13. The Morgan fingerprint density at radius 3 is 2.71 bits per heavy atom. The zero-order chi connectivity index (χ0) is 10.7. The Kier molecular flexibility index (Phi) is 3.35. The number of anilines is 2. The van der Waals surface area contributed by atoms with E-state index in [1.165, 1.54) is 0 Å². The minimum Gasteiger partial charge on any atom is -0.462 e. The van der Waals surface area contributed by atoms with Gasteiger partial charge in [-0.3, -0.25) is 0 Å². The van der Waals surface area contributed by atoms with E-state index in [-0.39, 0.29) is 5.69 Å². The van der Waals surface area contributed by atoms with Gasteiger partial charge in [-0.05, 0) is 19.1 Å². The van der Waals surface area contributed by atoms with Crippen LogP contribution >= 0.6 is 15.9 Å². The van der Waals surface area contributed by atoms with Crippen molar-refractivity contribution in [3.63, 3.8) is 0 Å². The molecular formula is C9H11BrN2O2. The van der Waals surface area contributed by atoms with Crippen LogP contribution in [0.1, 0.15) is 17.3 Å². The summed E-state index contributed by atoms with van der Waals surface area (Å²) in [6.45, 7) is 2.04. The fourth-order valence-electron chi connectivity index (χ4n) is 1.02. The number of nitrogen functional groups attached to an aromatic ring is 2. The minimum atomic E-state index is -0.460. The first-order valence-electron chi connectivity index (χ1n) is 4.08. The molecule has 0 aliphatic heterocycles. The summed E-state index contributed by atoms with van der Waals surface area (Å²) in [6.07, 6.45) is 0. The highest BCUT2D eigenvalue weighted by molar-refractivity contribution is 9.10. The van der Waals surface area contributed by atoms with E-state index in [0.717, 1.165) is 0 Å². The first-order chi connectivity index (χ1) is 6.56. The fourth-order valence-corrected chi connectivity index (χ4v) is 1.49. The van der Waals surface area contributed by atoms with Crippen LogP contribution in [0, 0.1) is 0 Å². The number of hydrogen-bond donors (Lipinski definition) is 2. The Morgan fingerprint density at radius 1 is 1.50 bits per heavy atom. The highest BCUT2D eigenvalue weighted by Gasteiger charge is 2.13. The van der Waals surface area contributed by atoms with Crippen molar-refractivity contribution >= 4 is 33.3 Å². The molecule has 0 heterocycles. The highest BCUT2D eigenvalue weighted by Crippen LogP contribution is 2.26. The van der Waals surface area contributed by atoms with Gasteiger partial charge >= 0.3 is 5.97 Å². The van der Waals surface area contributed by atoms with Crippen molar-refractivity contribution in [2.24, 2.45) is 0 Å². The third kappa shape index (κ3) is 2.17. The van der Waals surface area contributed by atoms with Crippen molar-refractivity contribution < 1.29 is 9.53 Å². The lowest BCUT2D eigenvalue weighted by Crippen LogP contribution is -2.09. The molecule has 0 atom stereocenters. The van der Waals surface area contributed by atoms with Crippen LogP contribution in [0.5, 0.6) is 0 Å². The van der Waals surface area contributed by atoms with Gasteiger partial charge in [0.15, 0.2) is 0 Å². The van der Waals surface area contributed by atoms with Gasteiger partial charge in [-0.1, -0.05) is 15.9 Å². The molecule has 0 unspecified atom stereocenters. The molecule has 1 rings (SSSR count). The molecule has 1 aromatic rings. The number of rotatable bonds is 2. The lowest BCUT2D eigenvalue weighted by Gasteiger charge is -2.08. The number of carbonyl (C=O) groups excluding carboxylic acids is 1. The molecular weight excluding hydrogens is 248 g/mol. The predicted molar refractivity (Wildman–Crippen MR) is 58.9 cm³/mol. The van der Waals surface area contributed by atoms with Crippen molar-refractivity contribution in [2.45, 2.75) is 6.92 Å². The van der Waals surface area contributed by atoms with E-state index >= 15 is 0 Å². The maximum absolute atomic E-state index is 11.4. The van der Waals surface area contributed by atoms with Gasteiger partial charge in [-0.25, -0.2) is 4.79 Å². The summed E-state index contributed by atoms with van der Waals surface area (Å²) in [4.78, 5) is 11.4. The van der Waals surface area contributed by atoms with Crippen LogP contribution in [0.4, 0.5) is 11.4 Å². The Hall–Kier alpha value is -1.23. The number of carbonyl (C=O) groups is 1. The summed E-state index contributed by atoms with van der Waals surface area (Å²) in [5.74, 6) is -0.460. The minimum absolute atomic E-state index is 0.256. The van der Waals surface area contributed by atoms with Crippen LogP contribution in [0.15, 0.2) is 16.6 Å². The van der Waals surface area contributed by atoms with Gasteiger partial charge in [0.25, 0.3) is 0 Å². The number of hydrogen-bond acceptors (Lipinski definition) is 4. The molecule has 14 heavy (non-hydrogen) atoms. The molecule has 0 radical (unpaired) electrons. The third-order valence-electron chi connectivity index (χ3n) is 1.67. The topological polar surface area (TPSA) is 78.3 Å². The fraction of sp³-hybridized carbons (Fsp3) is 0.222. The first kappa shape index (κ1) is 10.8. The summed E-state index contributed by atoms with van der Waals surface area (Å²) >= 11 is 3.22. The van der Waals surface area contributed by atoms with Gasteiger partial charge in [0.05, 0.1) is 23.5 Å². The molecule has 0 aliphatic rings. The van der Waals surface area contributed by atoms with Crippen LogP contribution in [0.3, 0.4) is 0 Å². The molecule has 1 aromatic carbocycles.